The number of hydrogen-bond acceptors (Lipinski definition) is 7. The summed E-state index contributed by atoms with van der Waals surface area (Å²) in [6.07, 6.45) is -2.98. The second-order valence-corrected chi connectivity index (χ2v) is 7.83. The maximum atomic E-state index is 10.5. The SMILES string of the molecule is Cc1nnc(-c2ccc(-c3cccc(C4OC(CO)CC(O)C4O)c3C)cc2C)o1. The van der Waals surface area contributed by atoms with Gasteiger partial charge in [-0.05, 0) is 47.7 Å². The lowest BCUT2D eigenvalue weighted by molar-refractivity contribution is -0.179. The summed E-state index contributed by atoms with van der Waals surface area (Å²) in [7, 11) is 0. The molecule has 1 aliphatic heterocycles. The summed E-state index contributed by atoms with van der Waals surface area (Å²) in [6.45, 7) is 5.53. The number of aryl methyl sites for hydroxylation is 2. The Balaban J connectivity index is 1.70. The fraction of sp³-hybridized carbons (Fsp3) is 0.391. The Hall–Kier alpha value is -2.58. The van der Waals surface area contributed by atoms with E-state index in [2.05, 4.69) is 16.3 Å². The highest BCUT2D eigenvalue weighted by Crippen LogP contribution is 2.37. The number of ether oxygens (including phenoxy) is 1. The largest absolute Gasteiger partial charge is 0.421 e. The molecule has 158 valence electrons. The summed E-state index contributed by atoms with van der Waals surface area (Å²) in [5.41, 5.74) is 5.65. The van der Waals surface area contributed by atoms with E-state index in [0.717, 1.165) is 33.4 Å². The van der Waals surface area contributed by atoms with E-state index in [0.29, 0.717) is 11.8 Å². The summed E-state index contributed by atoms with van der Waals surface area (Å²) in [6, 6.07) is 11.8. The first-order chi connectivity index (χ1) is 14.4. The minimum absolute atomic E-state index is 0.200. The second kappa shape index (κ2) is 8.28. The molecule has 4 rings (SSSR count). The zero-order valence-corrected chi connectivity index (χ0v) is 17.2. The van der Waals surface area contributed by atoms with Gasteiger partial charge in [-0.15, -0.1) is 10.2 Å². The summed E-state index contributed by atoms with van der Waals surface area (Å²) < 4.78 is 11.4. The lowest BCUT2D eigenvalue weighted by Gasteiger charge is -2.37. The Labute approximate surface area is 175 Å². The summed E-state index contributed by atoms with van der Waals surface area (Å²) >= 11 is 0. The minimum atomic E-state index is -1.05. The normalized spacial score (nSPS) is 24.2. The van der Waals surface area contributed by atoms with Gasteiger partial charge in [0.15, 0.2) is 0 Å². The van der Waals surface area contributed by atoms with E-state index in [9.17, 15) is 15.3 Å². The number of aliphatic hydroxyl groups excluding tert-OH is 3. The van der Waals surface area contributed by atoms with Crippen molar-refractivity contribution >= 4 is 0 Å². The van der Waals surface area contributed by atoms with Gasteiger partial charge in [0.05, 0.1) is 18.8 Å². The number of aliphatic hydroxyl groups is 3. The van der Waals surface area contributed by atoms with Crippen molar-refractivity contribution in [2.45, 2.75) is 51.6 Å². The van der Waals surface area contributed by atoms with Crippen LogP contribution in [-0.2, 0) is 4.74 Å². The van der Waals surface area contributed by atoms with Crippen LogP contribution in [0, 0.1) is 20.8 Å². The molecule has 30 heavy (non-hydrogen) atoms. The van der Waals surface area contributed by atoms with Crippen molar-refractivity contribution in [1.29, 1.82) is 0 Å². The lowest BCUT2D eigenvalue weighted by Crippen LogP contribution is -2.44. The first-order valence-electron chi connectivity index (χ1n) is 10.0. The van der Waals surface area contributed by atoms with Gasteiger partial charge in [0.1, 0.15) is 12.2 Å². The fourth-order valence-electron chi connectivity index (χ4n) is 4.08. The van der Waals surface area contributed by atoms with E-state index < -0.39 is 24.4 Å². The summed E-state index contributed by atoms with van der Waals surface area (Å²) in [5, 5.41) is 38.2. The maximum absolute atomic E-state index is 10.5. The van der Waals surface area contributed by atoms with Gasteiger partial charge in [0.2, 0.25) is 11.8 Å². The van der Waals surface area contributed by atoms with Crippen LogP contribution in [0.25, 0.3) is 22.6 Å². The van der Waals surface area contributed by atoms with Crippen molar-refractivity contribution in [3.05, 3.63) is 59.0 Å². The van der Waals surface area contributed by atoms with Crippen LogP contribution < -0.4 is 0 Å². The molecule has 1 aliphatic rings. The third kappa shape index (κ3) is 3.77. The molecule has 2 heterocycles. The molecule has 2 aromatic carbocycles. The van der Waals surface area contributed by atoms with Crippen LogP contribution in [-0.4, -0.2) is 50.4 Å². The van der Waals surface area contributed by atoms with Crippen molar-refractivity contribution in [3.8, 4) is 22.6 Å². The van der Waals surface area contributed by atoms with Gasteiger partial charge < -0.3 is 24.5 Å². The highest BCUT2D eigenvalue weighted by Gasteiger charge is 2.38. The van der Waals surface area contributed by atoms with Gasteiger partial charge in [0.25, 0.3) is 0 Å². The number of nitrogens with zero attached hydrogens (tertiary/aromatic N) is 2. The molecule has 1 aromatic heterocycles. The molecule has 0 spiro atoms. The Morgan fingerprint density at radius 3 is 2.50 bits per heavy atom. The third-order valence-corrected chi connectivity index (χ3v) is 5.73. The molecule has 0 radical (unpaired) electrons. The van der Waals surface area contributed by atoms with Crippen LogP contribution in [0.1, 0.15) is 35.1 Å². The third-order valence-electron chi connectivity index (χ3n) is 5.73. The Morgan fingerprint density at radius 1 is 1.03 bits per heavy atom. The zero-order valence-electron chi connectivity index (χ0n) is 17.2. The number of hydrogen-bond donors (Lipinski definition) is 3. The van der Waals surface area contributed by atoms with E-state index in [1.54, 1.807) is 6.92 Å². The Kier molecular flexibility index (Phi) is 5.71. The van der Waals surface area contributed by atoms with Crippen LogP contribution >= 0.6 is 0 Å². The van der Waals surface area contributed by atoms with Crippen molar-refractivity contribution < 1.29 is 24.5 Å². The molecule has 4 unspecified atom stereocenters. The average molecular weight is 410 g/mol. The predicted molar refractivity (Wildman–Crippen MR) is 111 cm³/mol. The van der Waals surface area contributed by atoms with Gasteiger partial charge in [0, 0.05) is 18.9 Å². The first-order valence-corrected chi connectivity index (χ1v) is 10.0. The molecule has 4 atom stereocenters. The molecular formula is C23H26N2O5. The molecule has 7 heteroatoms. The highest BCUT2D eigenvalue weighted by atomic mass is 16.5. The number of aromatic nitrogens is 2. The monoisotopic (exact) mass is 410 g/mol. The van der Waals surface area contributed by atoms with Crippen molar-refractivity contribution in [1.82, 2.24) is 10.2 Å². The molecule has 3 aromatic rings. The van der Waals surface area contributed by atoms with Crippen LogP contribution in [0.4, 0.5) is 0 Å². The van der Waals surface area contributed by atoms with Gasteiger partial charge in [-0.3, -0.25) is 0 Å². The molecular weight excluding hydrogens is 384 g/mol. The van der Waals surface area contributed by atoms with Crippen LogP contribution in [0.15, 0.2) is 40.8 Å². The smallest absolute Gasteiger partial charge is 0.247 e. The molecule has 0 amide bonds. The summed E-state index contributed by atoms with van der Waals surface area (Å²) in [4.78, 5) is 0. The van der Waals surface area contributed by atoms with E-state index >= 15 is 0 Å². The van der Waals surface area contributed by atoms with Crippen LogP contribution in [0.2, 0.25) is 0 Å². The highest BCUT2D eigenvalue weighted by molar-refractivity contribution is 5.73. The maximum Gasteiger partial charge on any atom is 0.247 e. The van der Waals surface area contributed by atoms with Crippen LogP contribution in [0.5, 0.6) is 0 Å². The van der Waals surface area contributed by atoms with E-state index in [4.69, 9.17) is 9.15 Å². The molecule has 1 fully saturated rings. The van der Waals surface area contributed by atoms with Crippen molar-refractivity contribution in [2.24, 2.45) is 0 Å². The van der Waals surface area contributed by atoms with Crippen molar-refractivity contribution in [3.63, 3.8) is 0 Å². The molecule has 3 N–H and O–H groups in total. The second-order valence-electron chi connectivity index (χ2n) is 7.83. The molecule has 0 aliphatic carbocycles. The van der Waals surface area contributed by atoms with Gasteiger partial charge >= 0.3 is 0 Å². The molecule has 7 nitrogen and oxygen atoms in total. The van der Waals surface area contributed by atoms with Crippen molar-refractivity contribution in [2.75, 3.05) is 6.61 Å². The lowest BCUT2D eigenvalue weighted by atomic mass is 9.87. The van der Waals surface area contributed by atoms with E-state index in [1.165, 1.54) is 0 Å². The fourth-order valence-corrected chi connectivity index (χ4v) is 4.08. The van der Waals surface area contributed by atoms with E-state index in [-0.39, 0.29) is 13.0 Å². The minimum Gasteiger partial charge on any atom is -0.421 e. The van der Waals surface area contributed by atoms with Gasteiger partial charge in [-0.1, -0.05) is 30.3 Å². The predicted octanol–water partition coefficient (Wildman–Crippen LogP) is 2.87. The first kappa shape index (κ1) is 20.7. The van der Waals surface area contributed by atoms with Gasteiger partial charge in [-0.25, -0.2) is 0 Å². The van der Waals surface area contributed by atoms with E-state index in [1.807, 2.05) is 44.2 Å². The number of benzene rings is 2. The quantitative estimate of drug-likeness (QED) is 0.607. The standard InChI is InChI=1S/C23H26N2O5/c1-12-9-15(7-8-17(12)23-25-24-14(3)29-23)18-5-4-6-19(13(18)2)22-21(28)20(27)10-16(11-26)30-22/h4-9,16,20-22,26-28H,10-11H2,1-3H3. The number of rotatable bonds is 4. The van der Waals surface area contributed by atoms with Gasteiger partial charge in [-0.2, -0.15) is 0 Å². The molecule has 0 saturated carbocycles. The molecule has 1 saturated heterocycles. The Bertz CT molecular complexity index is 1050. The summed E-state index contributed by atoms with van der Waals surface area (Å²) in [5.74, 6) is 1.01. The zero-order chi connectivity index (χ0) is 21.4. The van der Waals surface area contributed by atoms with Crippen LogP contribution in [0.3, 0.4) is 0 Å². The topological polar surface area (TPSA) is 109 Å². The average Bonchev–Trinajstić information content (AvgIpc) is 3.16. The molecule has 0 bridgehead atoms. The Morgan fingerprint density at radius 2 is 1.83 bits per heavy atom.